The van der Waals surface area contributed by atoms with Crippen LogP contribution in [-0.2, 0) is 4.79 Å². The zero-order valence-corrected chi connectivity index (χ0v) is 16.9. The molecule has 1 heterocycles. The summed E-state index contributed by atoms with van der Waals surface area (Å²) in [6.07, 6.45) is -1.50. The van der Waals surface area contributed by atoms with E-state index in [1.165, 1.54) is 24.4 Å². The number of carbonyl (C=O) groups is 2. The molecule has 1 fully saturated rings. The molecule has 0 radical (unpaired) electrons. The Hall–Kier alpha value is -3.01. The third-order valence-corrected chi connectivity index (χ3v) is 4.58. The van der Waals surface area contributed by atoms with Gasteiger partial charge < -0.3 is 20.1 Å². The van der Waals surface area contributed by atoms with Crippen molar-refractivity contribution < 1.29 is 32.2 Å². The number of hydrogen-bond acceptors (Lipinski definition) is 6. The number of ketones is 1. The standard InChI is InChI=1S/C20H19ClF3N3O4/c21-15-10-14(31-20(22,23)24)3-4-17(15)30-8-7-26-19(29)13-5-6-25-18(9-13)27-11-16(28)12-1-2-12/h3-6,9-10,12H,1-2,7-8,11H2,(H,25,27)(H,26,29). The molecule has 0 bridgehead atoms. The molecule has 0 unspecified atom stereocenters. The number of benzene rings is 1. The molecule has 166 valence electrons. The molecule has 3 rings (SSSR count). The molecule has 2 aromatic rings. The zero-order chi connectivity index (χ0) is 22.4. The van der Waals surface area contributed by atoms with E-state index in [1.54, 1.807) is 0 Å². The van der Waals surface area contributed by atoms with Gasteiger partial charge in [0.2, 0.25) is 0 Å². The smallest absolute Gasteiger partial charge is 0.490 e. The molecule has 1 amide bonds. The minimum atomic E-state index is -4.81. The number of aromatic nitrogens is 1. The number of alkyl halides is 3. The molecule has 1 saturated carbocycles. The summed E-state index contributed by atoms with van der Waals surface area (Å²) < 4.78 is 45.8. The lowest BCUT2D eigenvalue weighted by Gasteiger charge is -2.12. The fourth-order valence-corrected chi connectivity index (χ4v) is 2.84. The molecule has 2 N–H and O–H groups in total. The van der Waals surface area contributed by atoms with Crippen LogP contribution in [0.25, 0.3) is 0 Å². The first-order valence-corrected chi connectivity index (χ1v) is 9.78. The first kappa shape index (κ1) is 22.7. The van der Waals surface area contributed by atoms with Crippen LogP contribution < -0.4 is 20.1 Å². The molecule has 31 heavy (non-hydrogen) atoms. The fourth-order valence-electron chi connectivity index (χ4n) is 2.62. The van der Waals surface area contributed by atoms with Gasteiger partial charge in [0, 0.05) is 23.7 Å². The summed E-state index contributed by atoms with van der Waals surface area (Å²) in [5.74, 6) is 0.0139. The van der Waals surface area contributed by atoms with Crippen molar-refractivity contribution in [2.45, 2.75) is 19.2 Å². The minimum absolute atomic E-state index is 0.0387. The van der Waals surface area contributed by atoms with Gasteiger partial charge in [-0.3, -0.25) is 9.59 Å². The zero-order valence-electron chi connectivity index (χ0n) is 16.2. The van der Waals surface area contributed by atoms with Gasteiger partial charge in [-0.25, -0.2) is 4.98 Å². The van der Waals surface area contributed by atoms with Gasteiger partial charge in [0.25, 0.3) is 5.91 Å². The van der Waals surface area contributed by atoms with Crippen molar-refractivity contribution in [1.29, 1.82) is 0 Å². The first-order chi connectivity index (χ1) is 14.7. The summed E-state index contributed by atoms with van der Waals surface area (Å²) >= 11 is 5.89. The average molecular weight is 458 g/mol. The van der Waals surface area contributed by atoms with Crippen LogP contribution in [0.2, 0.25) is 5.02 Å². The van der Waals surface area contributed by atoms with Crippen LogP contribution in [0.4, 0.5) is 19.0 Å². The quantitative estimate of drug-likeness (QED) is 0.527. The van der Waals surface area contributed by atoms with Crippen LogP contribution >= 0.6 is 11.6 Å². The highest BCUT2D eigenvalue weighted by Gasteiger charge is 2.31. The molecule has 7 nitrogen and oxygen atoms in total. The van der Waals surface area contributed by atoms with Crippen molar-refractivity contribution in [2.24, 2.45) is 5.92 Å². The van der Waals surface area contributed by atoms with E-state index in [1.807, 2.05) is 0 Å². The highest BCUT2D eigenvalue weighted by Crippen LogP contribution is 2.31. The Bertz CT molecular complexity index is 952. The van der Waals surface area contributed by atoms with Crippen molar-refractivity contribution in [3.8, 4) is 11.5 Å². The number of Topliss-reactive ketones (excluding diaryl/α,β-unsaturated/α-hetero) is 1. The normalized spacial score (nSPS) is 13.4. The number of hydrogen-bond donors (Lipinski definition) is 2. The molecule has 1 aromatic heterocycles. The monoisotopic (exact) mass is 457 g/mol. The molecule has 0 aliphatic heterocycles. The van der Waals surface area contributed by atoms with Crippen LogP contribution in [0.3, 0.4) is 0 Å². The van der Waals surface area contributed by atoms with Gasteiger partial charge in [0.1, 0.15) is 23.9 Å². The van der Waals surface area contributed by atoms with E-state index in [9.17, 15) is 22.8 Å². The number of halogens is 4. The van der Waals surface area contributed by atoms with Gasteiger partial charge in [-0.15, -0.1) is 13.2 Å². The number of pyridine rings is 1. The van der Waals surface area contributed by atoms with Gasteiger partial charge in [-0.05, 0) is 37.1 Å². The highest BCUT2D eigenvalue weighted by molar-refractivity contribution is 6.32. The topological polar surface area (TPSA) is 89.6 Å². The summed E-state index contributed by atoms with van der Waals surface area (Å²) in [6.45, 7) is 0.336. The summed E-state index contributed by atoms with van der Waals surface area (Å²) in [5, 5.41) is 5.51. The van der Waals surface area contributed by atoms with Crippen LogP contribution in [0.1, 0.15) is 23.2 Å². The summed E-state index contributed by atoms with van der Waals surface area (Å²) in [6, 6.07) is 6.37. The summed E-state index contributed by atoms with van der Waals surface area (Å²) in [7, 11) is 0. The second kappa shape index (κ2) is 9.86. The molecule has 0 saturated heterocycles. The second-order valence-electron chi connectivity index (χ2n) is 6.77. The van der Waals surface area contributed by atoms with E-state index < -0.39 is 12.1 Å². The third kappa shape index (κ3) is 7.32. The number of carbonyl (C=O) groups excluding carboxylic acids is 2. The van der Waals surface area contributed by atoms with E-state index in [4.69, 9.17) is 16.3 Å². The van der Waals surface area contributed by atoms with Crippen molar-refractivity contribution in [3.05, 3.63) is 47.1 Å². The van der Waals surface area contributed by atoms with Gasteiger partial charge in [-0.1, -0.05) is 11.6 Å². The largest absolute Gasteiger partial charge is 0.573 e. The summed E-state index contributed by atoms with van der Waals surface area (Å²) in [4.78, 5) is 28.1. The van der Waals surface area contributed by atoms with E-state index in [0.717, 1.165) is 25.0 Å². The SMILES string of the molecule is O=C(NCCOc1ccc(OC(F)(F)F)cc1Cl)c1ccnc(NCC(=O)C2CC2)c1. The molecular weight excluding hydrogens is 439 g/mol. The van der Waals surface area contributed by atoms with Crippen molar-refractivity contribution in [2.75, 3.05) is 25.0 Å². The Morgan fingerprint density at radius 3 is 2.65 bits per heavy atom. The number of ether oxygens (including phenoxy) is 2. The maximum Gasteiger partial charge on any atom is 0.573 e. The van der Waals surface area contributed by atoms with Crippen molar-refractivity contribution in [3.63, 3.8) is 0 Å². The molecule has 1 aromatic carbocycles. The van der Waals surface area contributed by atoms with Crippen molar-refractivity contribution >= 4 is 29.1 Å². The van der Waals surface area contributed by atoms with E-state index in [-0.39, 0.29) is 48.1 Å². The highest BCUT2D eigenvalue weighted by atomic mass is 35.5. The molecule has 0 spiro atoms. The van der Waals surface area contributed by atoms with Gasteiger partial charge in [-0.2, -0.15) is 0 Å². The Morgan fingerprint density at radius 2 is 1.97 bits per heavy atom. The molecule has 1 aliphatic rings. The predicted molar refractivity (Wildman–Crippen MR) is 106 cm³/mol. The van der Waals surface area contributed by atoms with Crippen LogP contribution in [0.5, 0.6) is 11.5 Å². The Kier molecular flexibility index (Phi) is 7.21. The van der Waals surface area contributed by atoms with Crippen LogP contribution in [0.15, 0.2) is 36.5 Å². The minimum Gasteiger partial charge on any atom is -0.490 e. The molecular formula is C20H19ClF3N3O4. The van der Waals surface area contributed by atoms with Gasteiger partial charge >= 0.3 is 6.36 Å². The molecule has 1 aliphatic carbocycles. The van der Waals surface area contributed by atoms with E-state index >= 15 is 0 Å². The Morgan fingerprint density at radius 1 is 1.19 bits per heavy atom. The first-order valence-electron chi connectivity index (χ1n) is 9.40. The van der Waals surface area contributed by atoms with Crippen molar-refractivity contribution in [1.82, 2.24) is 10.3 Å². The number of amides is 1. The van der Waals surface area contributed by atoms with Crippen LogP contribution in [-0.4, -0.2) is 42.7 Å². The second-order valence-corrected chi connectivity index (χ2v) is 7.18. The summed E-state index contributed by atoms with van der Waals surface area (Å²) in [5.41, 5.74) is 0.350. The Labute approximate surface area is 180 Å². The fraction of sp³-hybridized carbons (Fsp3) is 0.350. The maximum absolute atomic E-state index is 12.3. The number of nitrogens with zero attached hydrogens (tertiary/aromatic N) is 1. The number of anilines is 1. The van der Waals surface area contributed by atoms with Crippen LogP contribution in [0, 0.1) is 5.92 Å². The molecule has 0 atom stereocenters. The van der Waals surface area contributed by atoms with E-state index in [2.05, 4.69) is 20.4 Å². The van der Waals surface area contributed by atoms with Gasteiger partial charge in [0.05, 0.1) is 18.1 Å². The lowest BCUT2D eigenvalue weighted by molar-refractivity contribution is -0.274. The number of nitrogens with one attached hydrogen (secondary N) is 2. The maximum atomic E-state index is 12.3. The third-order valence-electron chi connectivity index (χ3n) is 4.28. The van der Waals surface area contributed by atoms with Gasteiger partial charge in [0.15, 0.2) is 5.78 Å². The number of rotatable bonds is 10. The average Bonchev–Trinajstić information content (AvgIpc) is 3.55. The predicted octanol–water partition coefficient (Wildman–Crippen LogP) is 3.83. The lowest BCUT2D eigenvalue weighted by Crippen LogP contribution is -2.28. The van der Waals surface area contributed by atoms with E-state index in [0.29, 0.717) is 11.4 Å². The lowest BCUT2D eigenvalue weighted by atomic mass is 10.2. The Balaban J connectivity index is 1.43. The molecule has 11 heteroatoms.